The zero-order valence-corrected chi connectivity index (χ0v) is 14.5. The molecule has 0 spiro atoms. The molecule has 0 aliphatic carbocycles. The Bertz CT molecular complexity index is 683. The maximum absolute atomic E-state index is 13.1. The number of piperidine rings is 1. The molecular weight excluding hydrogens is 306 g/mol. The van der Waals surface area contributed by atoms with Crippen LogP contribution in [0, 0.1) is 12.8 Å². The summed E-state index contributed by atoms with van der Waals surface area (Å²) in [6.45, 7) is 5.42. The first-order chi connectivity index (χ1) is 11.1. The van der Waals surface area contributed by atoms with Gasteiger partial charge in [-0.3, -0.25) is 4.79 Å². The molecule has 4 nitrogen and oxygen atoms in total. The van der Waals surface area contributed by atoms with Crippen LogP contribution < -0.4 is 5.73 Å². The first-order valence-electron chi connectivity index (χ1n) is 8.15. The number of benzene rings is 1. The Morgan fingerprint density at radius 2 is 2.13 bits per heavy atom. The molecule has 1 amide bonds. The molecule has 0 bridgehead atoms. The van der Waals surface area contributed by atoms with Crippen molar-refractivity contribution in [1.29, 1.82) is 0 Å². The largest absolute Gasteiger partial charge is 0.333 e. The van der Waals surface area contributed by atoms with E-state index in [1.807, 2.05) is 42.2 Å². The lowest BCUT2D eigenvalue weighted by molar-refractivity contribution is 0.0528. The van der Waals surface area contributed by atoms with Gasteiger partial charge in [0.1, 0.15) is 5.69 Å². The van der Waals surface area contributed by atoms with E-state index in [4.69, 9.17) is 5.73 Å². The van der Waals surface area contributed by atoms with Gasteiger partial charge in [-0.1, -0.05) is 37.3 Å². The monoisotopic (exact) mass is 329 g/mol. The summed E-state index contributed by atoms with van der Waals surface area (Å²) < 4.78 is 0. The van der Waals surface area contributed by atoms with Crippen molar-refractivity contribution in [2.24, 2.45) is 11.7 Å². The van der Waals surface area contributed by atoms with Crippen LogP contribution in [0.2, 0.25) is 0 Å². The minimum Gasteiger partial charge on any atom is -0.333 e. The fourth-order valence-corrected chi connectivity index (χ4v) is 4.27. The first kappa shape index (κ1) is 16.1. The second kappa shape index (κ2) is 6.81. The summed E-state index contributed by atoms with van der Waals surface area (Å²) >= 11 is 1.58. The third-order valence-corrected chi connectivity index (χ3v) is 5.61. The lowest BCUT2D eigenvalue weighted by Crippen LogP contribution is -2.51. The number of rotatable bonds is 3. The molecular formula is C18H23N3OS. The zero-order chi connectivity index (χ0) is 16.4. The van der Waals surface area contributed by atoms with Gasteiger partial charge in [-0.2, -0.15) is 0 Å². The van der Waals surface area contributed by atoms with E-state index >= 15 is 0 Å². The van der Waals surface area contributed by atoms with E-state index in [9.17, 15) is 4.79 Å². The molecule has 0 saturated carbocycles. The summed E-state index contributed by atoms with van der Waals surface area (Å²) in [5.41, 5.74) is 7.57. The summed E-state index contributed by atoms with van der Waals surface area (Å²) in [5, 5.41) is 0.918. The Hall–Kier alpha value is -1.72. The number of hydrogen-bond donors (Lipinski definition) is 1. The molecule has 122 valence electrons. The molecule has 2 atom stereocenters. The number of aryl methyl sites for hydroxylation is 1. The lowest BCUT2D eigenvalue weighted by Gasteiger charge is -2.39. The maximum Gasteiger partial charge on any atom is 0.274 e. The molecule has 2 N–H and O–H groups in total. The van der Waals surface area contributed by atoms with E-state index in [1.54, 1.807) is 11.3 Å². The highest BCUT2D eigenvalue weighted by atomic mass is 32.1. The quantitative estimate of drug-likeness (QED) is 0.940. The van der Waals surface area contributed by atoms with Crippen molar-refractivity contribution in [2.45, 2.75) is 32.7 Å². The van der Waals surface area contributed by atoms with Crippen LogP contribution in [-0.4, -0.2) is 34.9 Å². The molecule has 2 aromatic rings. The van der Waals surface area contributed by atoms with E-state index in [1.165, 1.54) is 0 Å². The first-order valence-corrected chi connectivity index (χ1v) is 8.97. The van der Waals surface area contributed by atoms with Crippen molar-refractivity contribution in [2.75, 3.05) is 13.1 Å². The Labute approximate surface area is 141 Å². The molecule has 3 rings (SSSR count). The molecule has 2 heterocycles. The van der Waals surface area contributed by atoms with Gasteiger partial charge in [-0.05, 0) is 31.2 Å². The van der Waals surface area contributed by atoms with Crippen LogP contribution in [-0.2, 0) is 0 Å². The number of likely N-dealkylation sites (tertiary alicyclic amines) is 1. The van der Waals surface area contributed by atoms with E-state index < -0.39 is 0 Å². The van der Waals surface area contributed by atoms with Gasteiger partial charge in [0.2, 0.25) is 0 Å². The van der Waals surface area contributed by atoms with E-state index in [-0.39, 0.29) is 11.9 Å². The van der Waals surface area contributed by atoms with E-state index in [0.29, 0.717) is 18.2 Å². The molecule has 1 aromatic carbocycles. The molecule has 1 aliphatic heterocycles. The number of nitrogens with zero attached hydrogens (tertiary/aromatic N) is 2. The number of aromatic nitrogens is 1. The highest BCUT2D eigenvalue weighted by molar-refractivity contribution is 7.15. The van der Waals surface area contributed by atoms with Crippen LogP contribution in [0.25, 0.3) is 10.4 Å². The predicted molar refractivity (Wildman–Crippen MR) is 94.6 cm³/mol. The van der Waals surface area contributed by atoms with E-state index in [0.717, 1.165) is 34.8 Å². The van der Waals surface area contributed by atoms with Crippen molar-refractivity contribution in [3.63, 3.8) is 0 Å². The second-order valence-electron chi connectivity index (χ2n) is 6.20. The highest BCUT2D eigenvalue weighted by Gasteiger charge is 2.33. The van der Waals surface area contributed by atoms with Gasteiger partial charge < -0.3 is 10.6 Å². The number of amides is 1. The Morgan fingerprint density at radius 1 is 1.39 bits per heavy atom. The van der Waals surface area contributed by atoms with Crippen LogP contribution in [0.4, 0.5) is 0 Å². The molecule has 1 aromatic heterocycles. The predicted octanol–water partition coefficient (Wildman–Crippen LogP) is 3.32. The Kier molecular flexibility index (Phi) is 4.78. The standard InChI is InChI=1S/C18H23N3OS/c1-12-7-6-10-21(15(12)11-19)18(22)16-17(23-13(2)20-16)14-8-4-3-5-9-14/h3-5,8-9,12,15H,6-7,10-11,19H2,1-2H3/t12-,15?/m1/s1. The van der Waals surface area contributed by atoms with E-state index in [2.05, 4.69) is 11.9 Å². The molecule has 1 fully saturated rings. The highest BCUT2D eigenvalue weighted by Crippen LogP contribution is 2.32. The molecule has 1 unspecified atom stereocenters. The fourth-order valence-electron chi connectivity index (χ4n) is 3.35. The van der Waals surface area contributed by atoms with Gasteiger partial charge in [0, 0.05) is 19.1 Å². The maximum atomic E-state index is 13.1. The second-order valence-corrected chi connectivity index (χ2v) is 7.40. The minimum atomic E-state index is 0.0233. The van der Waals surface area contributed by atoms with Gasteiger partial charge in [0.15, 0.2) is 0 Å². The van der Waals surface area contributed by atoms with Gasteiger partial charge in [0.05, 0.1) is 9.88 Å². The summed E-state index contributed by atoms with van der Waals surface area (Å²) in [4.78, 5) is 20.6. The van der Waals surface area contributed by atoms with Crippen LogP contribution in [0.1, 0.15) is 35.3 Å². The van der Waals surface area contributed by atoms with Crippen molar-refractivity contribution in [3.8, 4) is 10.4 Å². The summed E-state index contributed by atoms with van der Waals surface area (Å²) in [6, 6.07) is 10.1. The molecule has 23 heavy (non-hydrogen) atoms. The van der Waals surface area contributed by atoms with Gasteiger partial charge in [-0.15, -0.1) is 11.3 Å². The fraction of sp³-hybridized carbons (Fsp3) is 0.444. The Morgan fingerprint density at radius 3 is 2.83 bits per heavy atom. The summed E-state index contributed by atoms with van der Waals surface area (Å²) in [5.74, 6) is 0.466. The van der Waals surface area contributed by atoms with Crippen LogP contribution in [0.3, 0.4) is 0 Å². The summed E-state index contributed by atoms with van der Waals surface area (Å²) in [6.07, 6.45) is 2.17. The minimum absolute atomic E-state index is 0.0233. The number of hydrogen-bond acceptors (Lipinski definition) is 4. The average Bonchev–Trinajstić information content (AvgIpc) is 2.96. The smallest absolute Gasteiger partial charge is 0.274 e. The SMILES string of the molecule is Cc1nc(C(=O)N2CCC[C@@H](C)C2CN)c(-c2ccccc2)s1. The van der Waals surface area contributed by atoms with Crippen LogP contribution in [0.15, 0.2) is 30.3 Å². The van der Waals surface area contributed by atoms with Crippen molar-refractivity contribution < 1.29 is 4.79 Å². The third kappa shape index (κ3) is 3.16. The normalized spacial score (nSPS) is 21.4. The molecule has 0 radical (unpaired) electrons. The number of carbonyl (C=O) groups excluding carboxylic acids is 1. The number of nitrogens with two attached hydrogens (primary N) is 1. The van der Waals surface area contributed by atoms with Gasteiger partial charge >= 0.3 is 0 Å². The van der Waals surface area contributed by atoms with Crippen molar-refractivity contribution >= 4 is 17.2 Å². The summed E-state index contributed by atoms with van der Waals surface area (Å²) in [7, 11) is 0. The number of carbonyl (C=O) groups is 1. The lowest BCUT2D eigenvalue weighted by atomic mass is 9.90. The molecule has 5 heteroatoms. The van der Waals surface area contributed by atoms with Crippen molar-refractivity contribution in [1.82, 2.24) is 9.88 Å². The number of thiazole rings is 1. The van der Waals surface area contributed by atoms with Crippen LogP contribution >= 0.6 is 11.3 Å². The molecule has 1 aliphatic rings. The Balaban J connectivity index is 1.97. The van der Waals surface area contributed by atoms with Crippen molar-refractivity contribution in [3.05, 3.63) is 41.0 Å². The van der Waals surface area contributed by atoms with Gasteiger partial charge in [0.25, 0.3) is 5.91 Å². The zero-order valence-electron chi connectivity index (χ0n) is 13.7. The average molecular weight is 329 g/mol. The van der Waals surface area contributed by atoms with Gasteiger partial charge in [-0.25, -0.2) is 4.98 Å². The molecule has 1 saturated heterocycles. The topological polar surface area (TPSA) is 59.2 Å². The van der Waals surface area contributed by atoms with Crippen LogP contribution in [0.5, 0.6) is 0 Å². The third-order valence-electron chi connectivity index (χ3n) is 4.59.